The van der Waals surface area contributed by atoms with Crippen LogP contribution in [0.4, 0.5) is 13.2 Å². The zero-order valence-corrected chi connectivity index (χ0v) is 18.3. The molecule has 0 aliphatic heterocycles. The van der Waals surface area contributed by atoms with Gasteiger partial charge in [-0.05, 0) is 49.6 Å². The molecule has 0 aliphatic carbocycles. The van der Waals surface area contributed by atoms with Crippen molar-refractivity contribution in [1.82, 2.24) is 10.3 Å². The van der Waals surface area contributed by atoms with Gasteiger partial charge in [-0.15, -0.1) is 13.2 Å². The Labute approximate surface area is 189 Å². The molecule has 1 heterocycles. The van der Waals surface area contributed by atoms with Gasteiger partial charge in [-0.3, -0.25) is 4.79 Å². The second kappa shape index (κ2) is 11.1. The van der Waals surface area contributed by atoms with Crippen LogP contribution >= 0.6 is 0 Å². The van der Waals surface area contributed by atoms with Crippen LogP contribution in [-0.2, 0) is 9.47 Å². The first-order valence-electron chi connectivity index (χ1n) is 10.6. The van der Waals surface area contributed by atoms with Crippen LogP contribution in [0.5, 0.6) is 5.75 Å². The monoisotopic (exact) mass is 462 g/mol. The van der Waals surface area contributed by atoms with Crippen molar-refractivity contribution in [3.8, 4) is 17.0 Å². The van der Waals surface area contributed by atoms with Crippen molar-refractivity contribution in [3.05, 3.63) is 60.3 Å². The van der Waals surface area contributed by atoms with Gasteiger partial charge in [0, 0.05) is 37.1 Å². The molecule has 0 fully saturated rings. The number of halogens is 3. The number of nitrogens with zero attached hydrogens (tertiary/aromatic N) is 1. The van der Waals surface area contributed by atoms with E-state index in [-0.39, 0.29) is 17.4 Å². The standard InChI is InChI=1S/C24H25F3N2O4/c1-3-31-21(32-4-2)13-14-28-23(30)22-19-8-6-5-7-17(19)15-20(29-22)16-9-11-18(12-10-16)33-24(25,26)27/h5-12,15,21H,3-4,13-14H2,1-2H3,(H,28,30). The van der Waals surface area contributed by atoms with E-state index in [2.05, 4.69) is 15.0 Å². The highest BCUT2D eigenvalue weighted by Gasteiger charge is 2.31. The summed E-state index contributed by atoms with van der Waals surface area (Å²) in [5.74, 6) is -0.694. The van der Waals surface area contributed by atoms with Gasteiger partial charge in [0.2, 0.25) is 0 Å². The highest BCUT2D eigenvalue weighted by Crippen LogP contribution is 2.28. The van der Waals surface area contributed by atoms with Crippen molar-refractivity contribution in [3.63, 3.8) is 0 Å². The van der Waals surface area contributed by atoms with Gasteiger partial charge in [0.25, 0.3) is 5.91 Å². The molecule has 0 saturated carbocycles. The van der Waals surface area contributed by atoms with Crippen LogP contribution in [0.1, 0.15) is 30.8 Å². The first-order valence-corrected chi connectivity index (χ1v) is 10.6. The van der Waals surface area contributed by atoms with Crippen molar-refractivity contribution in [1.29, 1.82) is 0 Å². The fourth-order valence-electron chi connectivity index (χ4n) is 3.32. The van der Waals surface area contributed by atoms with Gasteiger partial charge in [0.05, 0.1) is 5.69 Å². The highest BCUT2D eigenvalue weighted by molar-refractivity contribution is 6.06. The molecule has 0 aliphatic rings. The molecule has 33 heavy (non-hydrogen) atoms. The zero-order valence-electron chi connectivity index (χ0n) is 18.3. The Morgan fingerprint density at radius 3 is 2.33 bits per heavy atom. The van der Waals surface area contributed by atoms with E-state index >= 15 is 0 Å². The Bertz CT molecular complexity index is 1070. The lowest BCUT2D eigenvalue weighted by Gasteiger charge is -2.17. The summed E-state index contributed by atoms with van der Waals surface area (Å²) < 4.78 is 52.2. The minimum absolute atomic E-state index is 0.225. The van der Waals surface area contributed by atoms with Gasteiger partial charge in [-0.2, -0.15) is 0 Å². The van der Waals surface area contributed by atoms with Crippen molar-refractivity contribution >= 4 is 16.7 Å². The summed E-state index contributed by atoms with van der Waals surface area (Å²) in [7, 11) is 0. The number of alkyl halides is 3. The third-order valence-corrected chi connectivity index (χ3v) is 4.71. The quantitative estimate of drug-likeness (QED) is 0.413. The van der Waals surface area contributed by atoms with Crippen molar-refractivity contribution < 1.29 is 32.2 Å². The van der Waals surface area contributed by atoms with Crippen LogP contribution in [-0.4, -0.2) is 43.3 Å². The Morgan fingerprint density at radius 2 is 1.70 bits per heavy atom. The third kappa shape index (κ3) is 6.90. The summed E-state index contributed by atoms with van der Waals surface area (Å²) in [6.07, 6.45) is -4.70. The Hall–Kier alpha value is -3.17. The number of carbonyl (C=O) groups excluding carboxylic acids is 1. The summed E-state index contributed by atoms with van der Waals surface area (Å²) in [5.41, 5.74) is 1.24. The predicted octanol–water partition coefficient (Wildman–Crippen LogP) is 5.32. The number of fused-ring (bicyclic) bond motifs is 1. The van der Waals surface area contributed by atoms with E-state index in [1.165, 1.54) is 24.3 Å². The summed E-state index contributed by atoms with van der Waals surface area (Å²) in [6.45, 7) is 5.06. The fraction of sp³-hybridized carbons (Fsp3) is 0.333. The number of amides is 1. The number of benzene rings is 2. The van der Waals surface area contributed by atoms with E-state index in [4.69, 9.17) is 9.47 Å². The van der Waals surface area contributed by atoms with E-state index in [1.807, 2.05) is 32.0 Å². The SMILES string of the molecule is CCOC(CCNC(=O)c1nc(-c2ccc(OC(F)(F)F)cc2)cc2ccccc12)OCC. The molecule has 0 radical (unpaired) electrons. The molecule has 0 atom stereocenters. The highest BCUT2D eigenvalue weighted by atomic mass is 19.4. The molecule has 176 valence electrons. The van der Waals surface area contributed by atoms with Crippen LogP contribution in [0.25, 0.3) is 22.0 Å². The van der Waals surface area contributed by atoms with Gasteiger partial charge in [0.15, 0.2) is 6.29 Å². The average molecular weight is 462 g/mol. The molecule has 6 nitrogen and oxygen atoms in total. The summed E-state index contributed by atoms with van der Waals surface area (Å²) in [5, 5.41) is 4.30. The smallest absolute Gasteiger partial charge is 0.406 e. The molecule has 0 saturated heterocycles. The number of carbonyl (C=O) groups is 1. The molecule has 2 aromatic carbocycles. The molecule has 9 heteroatoms. The maximum atomic E-state index is 12.9. The molecule has 0 spiro atoms. The largest absolute Gasteiger partial charge is 0.573 e. The zero-order chi connectivity index (χ0) is 23.8. The average Bonchev–Trinajstić information content (AvgIpc) is 2.78. The number of hydrogen-bond acceptors (Lipinski definition) is 5. The Kier molecular flexibility index (Phi) is 8.24. The van der Waals surface area contributed by atoms with E-state index < -0.39 is 12.7 Å². The lowest BCUT2D eigenvalue weighted by molar-refractivity contribution is -0.274. The number of rotatable bonds is 10. The van der Waals surface area contributed by atoms with Crippen molar-refractivity contribution in [2.24, 2.45) is 0 Å². The van der Waals surface area contributed by atoms with E-state index in [0.29, 0.717) is 42.8 Å². The van der Waals surface area contributed by atoms with Gasteiger partial charge >= 0.3 is 6.36 Å². The number of hydrogen-bond donors (Lipinski definition) is 1. The Balaban J connectivity index is 1.83. The van der Waals surface area contributed by atoms with E-state index in [0.717, 1.165) is 5.39 Å². The van der Waals surface area contributed by atoms with Crippen LogP contribution in [0, 0.1) is 0 Å². The molecule has 0 bridgehead atoms. The lowest BCUT2D eigenvalue weighted by atomic mass is 10.0. The molecule has 3 aromatic rings. The maximum Gasteiger partial charge on any atom is 0.573 e. The summed E-state index contributed by atoms with van der Waals surface area (Å²) in [4.78, 5) is 17.5. The maximum absolute atomic E-state index is 12.9. The number of ether oxygens (including phenoxy) is 3. The first kappa shape index (κ1) is 24.5. The van der Waals surface area contributed by atoms with Crippen molar-refractivity contribution in [2.75, 3.05) is 19.8 Å². The normalized spacial score (nSPS) is 11.7. The number of nitrogens with one attached hydrogen (secondary N) is 1. The second-order valence-electron chi connectivity index (χ2n) is 7.03. The summed E-state index contributed by atoms with van der Waals surface area (Å²) in [6, 6.07) is 14.4. The molecule has 1 aromatic heterocycles. The number of aromatic nitrogens is 1. The molecule has 1 N–H and O–H groups in total. The minimum Gasteiger partial charge on any atom is -0.406 e. The van der Waals surface area contributed by atoms with Crippen LogP contribution in [0.2, 0.25) is 0 Å². The van der Waals surface area contributed by atoms with Gasteiger partial charge in [-0.1, -0.05) is 24.3 Å². The summed E-state index contributed by atoms with van der Waals surface area (Å²) >= 11 is 0. The minimum atomic E-state index is -4.77. The lowest BCUT2D eigenvalue weighted by Crippen LogP contribution is -2.30. The first-order chi connectivity index (χ1) is 15.8. The fourth-order valence-corrected chi connectivity index (χ4v) is 3.32. The Morgan fingerprint density at radius 1 is 1.03 bits per heavy atom. The molecule has 0 unspecified atom stereocenters. The van der Waals surface area contributed by atoms with Crippen LogP contribution in [0.3, 0.4) is 0 Å². The topological polar surface area (TPSA) is 69.7 Å². The molecular weight excluding hydrogens is 437 g/mol. The second-order valence-corrected chi connectivity index (χ2v) is 7.03. The molecule has 3 rings (SSSR count). The molecule has 1 amide bonds. The molecular formula is C24H25F3N2O4. The van der Waals surface area contributed by atoms with Crippen molar-refractivity contribution in [2.45, 2.75) is 32.9 Å². The predicted molar refractivity (Wildman–Crippen MR) is 118 cm³/mol. The van der Waals surface area contributed by atoms with Crippen LogP contribution in [0.15, 0.2) is 54.6 Å². The van der Waals surface area contributed by atoms with Gasteiger partial charge in [-0.25, -0.2) is 4.98 Å². The van der Waals surface area contributed by atoms with Gasteiger partial charge in [0.1, 0.15) is 11.4 Å². The number of pyridine rings is 1. The van der Waals surface area contributed by atoms with E-state index in [9.17, 15) is 18.0 Å². The van der Waals surface area contributed by atoms with Gasteiger partial charge < -0.3 is 19.5 Å². The third-order valence-electron chi connectivity index (χ3n) is 4.71. The van der Waals surface area contributed by atoms with E-state index in [1.54, 1.807) is 12.1 Å². The van der Waals surface area contributed by atoms with Crippen LogP contribution < -0.4 is 10.1 Å².